The minimum absolute atomic E-state index is 1.03. The Morgan fingerprint density at radius 3 is 1.94 bits per heavy atom. The molecular formula is C16H31NSi. The molecule has 18 heavy (non-hydrogen) atoms. The van der Waals surface area contributed by atoms with E-state index < -0.39 is 8.07 Å². The fourth-order valence-corrected chi connectivity index (χ4v) is 3.51. The Kier molecular flexibility index (Phi) is 6.91. The quantitative estimate of drug-likeness (QED) is 0.594. The van der Waals surface area contributed by atoms with Gasteiger partial charge in [0.2, 0.25) is 0 Å². The fraction of sp³-hybridized carbons (Fsp3) is 0.812. The lowest BCUT2D eigenvalue weighted by atomic mass is 10.0. The van der Waals surface area contributed by atoms with Crippen molar-refractivity contribution in [1.29, 1.82) is 0 Å². The smallest absolute Gasteiger partial charge is 0.0791 e. The maximum atomic E-state index is 4.88. The van der Waals surface area contributed by atoms with E-state index in [1.54, 1.807) is 0 Å². The van der Waals surface area contributed by atoms with Crippen LogP contribution in [0.5, 0.6) is 0 Å². The summed E-state index contributed by atoms with van der Waals surface area (Å²) in [5, 5.41) is 1.39. The highest BCUT2D eigenvalue weighted by Gasteiger charge is 2.21. The average molecular weight is 266 g/mol. The zero-order valence-corrected chi connectivity index (χ0v) is 13.7. The predicted molar refractivity (Wildman–Crippen MR) is 86.3 cm³/mol. The summed E-state index contributed by atoms with van der Waals surface area (Å²) in [4.78, 5) is 4.88. The van der Waals surface area contributed by atoms with Crippen molar-refractivity contribution in [3.63, 3.8) is 0 Å². The molecule has 0 atom stereocenters. The van der Waals surface area contributed by atoms with Gasteiger partial charge in [0.25, 0.3) is 0 Å². The lowest BCUT2D eigenvalue weighted by molar-refractivity contribution is 0.569. The summed E-state index contributed by atoms with van der Waals surface area (Å²) in [6.45, 7) is 12.5. The maximum absolute atomic E-state index is 4.88. The van der Waals surface area contributed by atoms with E-state index >= 15 is 0 Å². The molecule has 1 aliphatic rings. The molecule has 0 aliphatic carbocycles. The van der Waals surface area contributed by atoms with Crippen LogP contribution in [0.2, 0.25) is 19.6 Å². The molecule has 0 aromatic rings. The van der Waals surface area contributed by atoms with Gasteiger partial charge in [0.15, 0.2) is 0 Å². The van der Waals surface area contributed by atoms with Gasteiger partial charge in [0, 0.05) is 12.3 Å². The van der Waals surface area contributed by atoms with Gasteiger partial charge in [0.1, 0.15) is 0 Å². The summed E-state index contributed by atoms with van der Waals surface area (Å²) in [7, 11) is -1.26. The van der Waals surface area contributed by atoms with Crippen molar-refractivity contribution in [3.05, 3.63) is 11.8 Å². The topological polar surface area (TPSA) is 12.4 Å². The van der Waals surface area contributed by atoms with Crippen LogP contribution in [0, 0.1) is 0 Å². The van der Waals surface area contributed by atoms with Crippen molar-refractivity contribution in [2.45, 2.75) is 77.4 Å². The maximum Gasteiger partial charge on any atom is 0.0791 e. The predicted octanol–water partition coefficient (Wildman–Crippen LogP) is 5.39. The van der Waals surface area contributed by atoms with Gasteiger partial charge in [-0.2, -0.15) is 0 Å². The van der Waals surface area contributed by atoms with E-state index in [-0.39, 0.29) is 0 Å². The Morgan fingerprint density at radius 1 is 0.889 bits per heavy atom. The molecule has 1 aliphatic heterocycles. The zero-order chi connectivity index (χ0) is 13.4. The highest BCUT2D eigenvalue weighted by molar-refractivity contribution is 6.87. The Bertz CT molecular complexity index is 286. The van der Waals surface area contributed by atoms with Gasteiger partial charge >= 0.3 is 0 Å². The molecule has 0 saturated heterocycles. The molecule has 0 unspecified atom stereocenters. The van der Waals surface area contributed by atoms with Gasteiger partial charge in [-0.3, -0.25) is 4.99 Å². The van der Waals surface area contributed by atoms with Gasteiger partial charge in [-0.25, -0.2) is 0 Å². The van der Waals surface area contributed by atoms with Crippen molar-refractivity contribution in [2.24, 2.45) is 4.99 Å². The molecule has 0 aromatic heterocycles. The SMILES string of the molecule is C=C(C1=NCCCCCCCCCC1)[Si](C)(C)C. The monoisotopic (exact) mass is 265 g/mol. The third kappa shape index (κ3) is 5.99. The number of aliphatic imine (C=N–C) groups is 1. The zero-order valence-electron chi connectivity index (χ0n) is 12.7. The standard InChI is InChI=1S/C16H31NSi/c1-15(18(2,3)4)16-13-11-9-7-5-6-8-10-12-14-17-16/h1,5-14H2,2-4H3. The van der Waals surface area contributed by atoms with E-state index in [0.29, 0.717) is 0 Å². The largest absolute Gasteiger partial charge is 0.290 e. The van der Waals surface area contributed by atoms with Gasteiger partial charge in [-0.15, -0.1) is 0 Å². The van der Waals surface area contributed by atoms with Crippen molar-refractivity contribution in [1.82, 2.24) is 0 Å². The Balaban J connectivity index is 2.62. The van der Waals surface area contributed by atoms with Crippen molar-refractivity contribution in [2.75, 3.05) is 6.54 Å². The summed E-state index contributed by atoms with van der Waals surface area (Å²) in [5.74, 6) is 0. The first-order chi connectivity index (χ1) is 8.52. The molecule has 0 saturated carbocycles. The Labute approximate surface area is 115 Å². The van der Waals surface area contributed by atoms with Crippen LogP contribution in [0.25, 0.3) is 0 Å². The second kappa shape index (κ2) is 7.93. The van der Waals surface area contributed by atoms with Gasteiger partial charge in [0.05, 0.1) is 8.07 Å². The van der Waals surface area contributed by atoms with E-state index in [4.69, 9.17) is 4.99 Å². The van der Waals surface area contributed by atoms with Gasteiger partial charge < -0.3 is 0 Å². The fourth-order valence-electron chi connectivity index (χ4n) is 2.44. The molecule has 1 heterocycles. The van der Waals surface area contributed by atoms with Crippen LogP contribution in [-0.2, 0) is 0 Å². The van der Waals surface area contributed by atoms with E-state index in [1.807, 2.05) is 0 Å². The molecule has 0 fully saturated rings. The van der Waals surface area contributed by atoms with Gasteiger partial charge in [-0.1, -0.05) is 64.7 Å². The van der Waals surface area contributed by atoms with Crippen LogP contribution in [0.15, 0.2) is 16.8 Å². The summed E-state index contributed by atoms with van der Waals surface area (Å²) in [6, 6.07) is 0. The molecule has 0 bridgehead atoms. The van der Waals surface area contributed by atoms with Crippen molar-refractivity contribution >= 4 is 13.8 Å². The lowest BCUT2D eigenvalue weighted by Crippen LogP contribution is -2.29. The van der Waals surface area contributed by atoms with Crippen molar-refractivity contribution < 1.29 is 0 Å². The number of hydrogen-bond donors (Lipinski definition) is 0. The van der Waals surface area contributed by atoms with E-state index in [2.05, 4.69) is 26.2 Å². The summed E-state index contributed by atoms with van der Waals surface area (Å²) >= 11 is 0. The summed E-state index contributed by atoms with van der Waals surface area (Å²) < 4.78 is 0. The highest BCUT2D eigenvalue weighted by atomic mass is 28.3. The Hall–Kier alpha value is -0.373. The van der Waals surface area contributed by atoms with Gasteiger partial charge in [-0.05, 0) is 24.5 Å². The third-order valence-electron chi connectivity index (χ3n) is 3.88. The van der Waals surface area contributed by atoms with Crippen LogP contribution < -0.4 is 0 Å². The molecule has 0 radical (unpaired) electrons. The van der Waals surface area contributed by atoms with Crippen LogP contribution in [0.1, 0.15) is 57.8 Å². The summed E-state index contributed by atoms with van der Waals surface area (Å²) in [6.07, 6.45) is 12.1. The molecule has 2 heteroatoms. The normalized spacial score (nSPS) is 20.5. The first-order valence-electron chi connectivity index (χ1n) is 7.75. The average Bonchev–Trinajstić information content (AvgIpc) is 2.28. The molecule has 0 spiro atoms. The first kappa shape index (κ1) is 15.7. The number of rotatable bonds is 2. The summed E-state index contributed by atoms with van der Waals surface area (Å²) in [5.41, 5.74) is 1.36. The van der Waals surface area contributed by atoms with E-state index in [9.17, 15) is 0 Å². The number of nitrogens with zero attached hydrogens (tertiary/aromatic N) is 1. The van der Waals surface area contributed by atoms with Crippen molar-refractivity contribution in [3.8, 4) is 0 Å². The van der Waals surface area contributed by atoms with E-state index in [0.717, 1.165) is 6.54 Å². The van der Waals surface area contributed by atoms with Crippen LogP contribution in [0.4, 0.5) is 0 Å². The molecular weight excluding hydrogens is 234 g/mol. The molecule has 1 nitrogen and oxygen atoms in total. The molecule has 0 aromatic carbocycles. The number of hydrogen-bond acceptors (Lipinski definition) is 1. The highest BCUT2D eigenvalue weighted by Crippen LogP contribution is 2.19. The Morgan fingerprint density at radius 2 is 1.39 bits per heavy atom. The van der Waals surface area contributed by atoms with Crippen LogP contribution >= 0.6 is 0 Å². The molecule has 0 N–H and O–H groups in total. The number of allylic oxidation sites excluding steroid dienone is 1. The first-order valence-corrected chi connectivity index (χ1v) is 11.2. The minimum atomic E-state index is -1.26. The molecule has 0 amide bonds. The second-order valence-electron chi connectivity index (χ2n) is 6.64. The minimum Gasteiger partial charge on any atom is -0.290 e. The van der Waals surface area contributed by atoms with Crippen LogP contribution in [0.3, 0.4) is 0 Å². The molecule has 104 valence electrons. The van der Waals surface area contributed by atoms with Crippen LogP contribution in [-0.4, -0.2) is 20.3 Å². The third-order valence-corrected chi connectivity index (χ3v) is 5.98. The molecule has 1 rings (SSSR count). The van der Waals surface area contributed by atoms with E-state index in [1.165, 1.54) is 68.7 Å². The second-order valence-corrected chi connectivity index (χ2v) is 11.7. The lowest BCUT2D eigenvalue weighted by Gasteiger charge is -2.22.